The van der Waals surface area contributed by atoms with Crippen LogP contribution in [-0.4, -0.2) is 36.4 Å². The van der Waals surface area contributed by atoms with E-state index in [2.05, 4.69) is 10.3 Å². The number of nitrogens with zero attached hydrogens (tertiary/aromatic N) is 3. The molecule has 6 nitrogen and oxygen atoms in total. The SMILES string of the molecule is CNCc1cc(S(=O)(=O)N(C)Cc2scnc2C)cn1C. The standard InChI is InChI=1S/C13H20N4O2S2/c1-10-13(20-9-15-10)8-17(4)21(18,19)12-5-11(6-14-2)16(3)7-12/h5,7,9,14H,6,8H2,1-4H3. The van der Waals surface area contributed by atoms with E-state index in [4.69, 9.17) is 0 Å². The van der Waals surface area contributed by atoms with Crippen molar-refractivity contribution in [3.63, 3.8) is 0 Å². The highest BCUT2D eigenvalue weighted by Gasteiger charge is 2.24. The first-order valence-corrected chi connectivity index (χ1v) is 8.83. The minimum atomic E-state index is -3.49. The van der Waals surface area contributed by atoms with Crippen LogP contribution in [0.1, 0.15) is 16.3 Å². The molecular formula is C13H20N4O2S2. The van der Waals surface area contributed by atoms with Gasteiger partial charge in [-0.1, -0.05) is 0 Å². The summed E-state index contributed by atoms with van der Waals surface area (Å²) in [7, 11) is 1.79. The maximum atomic E-state index is 12.6. The van der Waals surface area contributed by atoms with Gasteiger partial charge < -0.3 is 9.88 Å². The molecule has 0 aliphatic carbocycles. The summed E-state index contributed by atoms with van der Waals surface area (Å²) in [6, 6.07) is 1.71. The van der Waals surface area contributed by atoms with Crippen LogP contribution in [-0.2, 0) is 30.2 Å². The summed E-state index contributed by atoms with van der Waals surface area (Å²) >= 11 is 1.47. The van der Waals surface area contributed by atoms with Crippen LogP contribution in [0.2, 0.25) is 0 Å². The third-order valence-electron chi connectivity index (χ3n) is 3.36. The molecule has 0 spiro atoms. The molecule has 0 fully saturated rings. The van der Waals surface area contributed by atoms with Gasteiger partial charge in [0.15, 0.2) is 0 Å². The maximum absolute atomic E-state index is 12.6. The predicted molar refractivity (Wildman–Crippen MR) is 83.7 cm³/mol. The number of thiazole rings is 1. The van der Waals surface area contributed by atoms with Crippen molar-refractivity contribution in [1.82, 2.24) is 19.2 Å². The van der Waals surface area contributed by atoms with Gasteiger partial charge in [0, 0.05) is 44.0 Å². The topological polar surface area (TPSA) is 67.2 Å². The smallest absolute Gasteiger partial charge is 0.244 e. The molecule has 0 aliphatic heterocycles. The van der Waals surface area contributed by atoms with Crippen LogP contribution in [0.3, 0.4) is 0 Å². The molecule has 0 bridgehead atoms. The zero-order chi connectivity index (χ0) is 15.6. The van der Waals surface area contributed by atoms with Crippen molar-refractivity contribution in [3.05, 3.63) is 34.0 Å². The van der Waals surface area contributed by atoms with Crippen molar-refractivity contribution >= 4 is 21.4 Å². The maximum Gasteiger partial charge on any atom is 0.244 e. The predicted octanol–water partition coefficient (Wildman–Crippen LogP) is 1.33. The Labute approximate surface area is 129 Å². The lowest BCUT2D eigenvalue weighted by Crippen LogP contribution is -2.26. The first-order chi connectivity index (χ1) is 9.86. The molecule has 0 unspecified atom stereocenters. The van der Waals surface area contributed by atoms with Gasteiger partial charge in [-0.2, -0.15) is 4.31 Å². The van der Waals surface area contributed by atoms with E-state index in [0.717, 1.165) is 16.3 Å². The summed E-state index contributed by atoms with van der Waals surface area (Å²) in [5, 5.41) is 3.03. The van der Waals surface area contributed by atoms with Crippen LogP contribution < -0.4 is 5.32 Å². The Balaban J connectivity index is 2.24. The van der Waals surface area contributed by atoms with E-state index in [1.807, 2.05) is 25.6 Å². The molecule has 0 amide bonds. The number of hydrogen-bond acceptors (Lipinski definition) is 5. The molecule has 2 aromatic rings. The average Bonchev–Trinajstić information content (AvgIpc) is 2.98. The molecule has 2 rings (SSSR count). The largest absolute Gasteiger partial charge is 0.352 e. The van der Waals surface area contributed by atoms with E-state index in [9.17, 15) is 8.42 Å². The van der Waals surface area contributed by atoms with Crippen molar-refractivity contribution in [2.75, 3.05) is 14.1 Å². The van der Waals surface area contributed by atoms with E-state index in [-0.39, 0.29) is 0 Å². The van der Waals surface area contributed by atoms with Crippen LogP contribution in [0.15, 0.2) is 22.7 Å². The van der Waals surface area contributed by atoms with Crippen LogP contribution in [0.5, 0.6) is 0 Å². The van der Waals surface area contributed by atoms with Gasteiger partial charge >= 0.3 is 0 Å². The van der Waals surface area contributed by atoms with Crippen molar-refractivity contribution < 1.29 is 8.42 Å². The molecule has 21 heavy (non-hydrogen) atoms. The van der Waals surface area contributed by atoms with Gasteiger partial charge in [0.05, 0.1) is 11.2 Å². The fourth-order valence-corrected chi connectivity index (χ4v) is 4.17. The van der Waals surface area contributed by atoms with Crippen molar-refractivity contribution in [3.8, 4) is 0 Å². The summed E-state index contributed by atoms with van der Waals surface area (Å²) in [4.78, 5) is 5.44. The Morgan fingerprint density at radius 3 is 2.76 bits per heavy atom. The van der Waals surface area contributed by atoms with Gasteiger partial charge in [0.1, 0.15) is 4.90 Å². The molecule has 2 aromatic heterocycles. The Bertz CT molecular complexity index is 718. The summed E-state index contributed by atoms with van der Waals surface area (Å²) in [5.74, 6) is 0. The summed E-state index contributed by atoms with van der Waals surface area (Å²) in [5.41, 5.74) is 3.54. The first-order valence-electron chi connectivity index (χ1n) is 6.51. The molecule has 1 N–H and O–H groups in total. The minimum absolute atomic E-state index is 0.319. The van der Waals surface area contributed by atoms with Crippen LogP contribution >= 0.6 is 11.3 Å². The summed E-state index contributed by atoms with van der Waals surface area (Å²) in [6.07, 6.45) is 1.65. The zero-order valence-corrected chi connectivity index (χ0v) is 14.3. The van der Waals surface area contributed by atoms with Crippen molar-refractivity contribution in [1.29, 1.82) is 0 Å². The van der Waals surface area contributed by atoms with E-state index >= 15 is 0 Å². The van der Waals surface area contributed by atoms with E-state index in [1.54, 1.807) is 24.8 Å². The molecule has 8 heteroatoms. The molecule has 0 aromatic carbocycles. The Morgan fingerprint density at radius 1 is 1.48 bits per heavy atom. The number of sulfonamides is 1. The lowest BCUT2D eigenvalue weighted by Gasteiger charge is -2.15. The van der Waals surface area contributed by atoms with Crippen molar-refractivity contribution in [2.24, 2.45) is 7.05 Å². The van der Waals surface area contributed by atoms with Gasteiger partial charge in [-0.3, -0.25) is 0 Å². The second-order valence-corrected chi connectivity index (χ2v) is 7.91. The van der Waals surface area contributed by atoms with Crippen molar-refractivity contribution in [2.45, 2.75) is 24.9 Å². The minimum Gasteiger partial charge on any atom is -0.352 e. The average molecular weight is 328 g/mol. The van der Waals surface area contributed by atoms with Gasteiger partial charge in [0.25, 0.3) is 0 Å². The quantitative estimate of drug-likeness (QED) is 0.869. The third kappa shape index (κ3) is 3.34. The molecule has 2 heterocycles. The molecule has 0 radical (unpaired) electrons. The van der Waals surface area contributed by atoms with E-state index in [1.165, 1.54) is 15.6 Å². The highest BCUT2D eigenvalue weighted by molar-refractivity contribution is 7.89. The summed E-state index contributed by atoms with van der Waals surface area (Å²) in [6.45, 7) is 2.86. The Kier molecular flexibility index (Phi) is 4.82. The normalized spacial score (nSPS) is 12.2. The number of rotatable bonds is 6. The second kappa shape index (κ2) is 6.27. The molecule has 116 valence electrons. The van der Waals surface area contributed by atoms with E-state index in [0.29, 0.717) is 18.0 Å². The fraction of sp³-hybridized carbons (Fsp3) is 0.462. The summed E-state index contributed by atoms with van der Waals surface area (Å²) < 4.78 is 28.4. The monoisotopic (exact) mass is 328 g/mol. The third-order valence-corrected chi connectivity index (χ3v) is 6.05. The fourth-order valence-electron chi connectivity index (χ4n) is 2.02. The highest BCUT2D eigenvalue weighted by atomic mass is 32.2. The van der Waals surface area contributed by atoms with Gasteiger partial charge in [0.2, 0.25) is 10.0 Å². The molecular weight excluding hydrogens is 308 g/mol. The van der Waals surface area contributed by atoms with Crippen LogP contribution in [0, 0.1) is 6.92 Å². The van der Waals surface area contributed by atoms with Gasteiger partial charge in [-0.05, 0) is 20.0 Å². The number of nitrogens with one attached hydrogen (secondary N) is 1. The lowest BCUT2D eigenvalue weighted by molar-refractivity contribution is 0.468. The lowest BCUT2D eigenvalue weighted by atomic mass is 10.4. The van der Waals surface area contributed by atoms with Gasteiger partial charge in [-0.25, -0.2) is 13.4 Å². The molecule has 0 saturated carbocycles. The number of hydrogen-bond donors (Lipinski definition) is 1. The van der Waals surface area contributed by atoms with Gasteiger partial charge in [-0.15, -0.1) is 11.3 Å². The molecule has 0 aliphatic rings. The zero-order valence-electron chi connectivity index (χ0n) is 12.6. The Morgan fingerprint density at radius 2 is 2.19 bits per heavy atom. The first kappa shape index (κ1) is 16.2. The second-order valence-electron chi connectivity index (χ2n) is 4.93. The number of aromatic nitrogens is 2. The Hall–Kier alpha value is -1.22. The van der Waals surface area contributed by atoms with Crippen LogP contribution in [0.4, 0.5) is 0 Å². The molecule has 0 saturated heterocycles. The molecule has 0 atom stereocenters. The van der Waals surface area contributed by atoms with E-state index < -0.39 is 10.0 Å². The number of aryl methyl sites for hydroxylation is 2. The highest BCUT2D eigenvalue weighted by Crippen LogP contribution is 2.21. The van der Waals surface area contributed by atoms with Crippen LogP contribution in [0.25, 0.3) is 0 Å².